The van der Waals surface area contributed by atoms with Crippen molar-refractivity contribution in [1.29, 1.82) is 0 Å². The molecule has 11 heteroatoms. The van der Waals surface area contributed by atoms with Crippen molar-refractivity contribution in [1.82, 2.24) is 5.32 Å². The Balaban J connectivity index is 2.03. The third-order valence-corrected chi connectivity index (χ3v) is 4.15. The Morgan fingerprint density at radius 2 is 1.38 bits per heavy atom. The van der Waals surface area contributed by atoms with Gasteiger partial charge in [0.25, 0.3) is 5.91 Å². The fraction of sp³-hybridized carbons (Fsp3) is 0.222. The lowest BCUT2D eigenvalue weighted by atomic mass is 9.81. The number of ketones is 1. The van der Waals surface area contributed by atoms with Gasteiger partial charge >= 0.3 is 12.7 Å². The second-order valence-corrected chi connectivity index (χ2v) is 6.11. The Labute approximate surface area is 159 Å². The van der Waals surface area contributed by atoms with Gasteiger partial charge in [0, 0.05) is 6.42 Å². The van der Waals surface area contributed by atoms with Gasteiger partial charge in [-0.1, -0.05) is 24.3 Å². The molecule has 2 aromatic carbocycles. The maximum Gasteiger partial charge on any atom is 0.573 e. The number of carbonyl (C=O) groups excluding carboxylic acids is 2. The van der Waals surface area contributed by atoms with Crippen LogP contribution in [-0.2, 0) is 15.1 Å². The Morgan fingerprint density at radius 1 is 0.793 bits per heavy atom. The first kappa shape index (κ1) is 20.5. The van der Waals surface area contributed by atoms with E-state index in [1.54, 1.807) is 0 Å². The third-order valence-electron chi connectivity index (χ3n) is 4.15. The van der Waals surface area contributed by atoms with E-state index >= 15 is 0 Å². The van der Waals surface area contributed by atoms with E-state index in [0.29, 0.717) is 0 Å². The normalized spacial score (nSPS) is 19.8. The summed E-state index contributed by atoms with van der Waals surface area (Å²) >= 11 is 0. The lowest BCUT2D eigenvalue weighted by Gasteiger charge is -2.30. The monoisotopic (exact) mass is 419 g/mol. The third kappa shape index (κ3) is 4.61. The average molecular weight is 419 g/mol. The molecule has 0 aromatic heterocycles. The standard InChI is InChI=1S/C18H11F6NO4/c19-17(20,21)28-12-6-4-10(5-7-12)16(9-14(26)15(27)25-16)11-2-1-3-13(8-11)29-18(22,23)24/h1-8H,9H2,(H,25,27). The van der Waals surface area contributed by atoms with E-state index in [-0.39, 0.29) is 11.1 Å². The summed E-state index contributed by atoms with van der Waals surface area (Å²) in [6.45, 7) is 0. The van der Waals surface area contributed by atoms with Gasteiger partial charge in [0.05, 0.1) is 5.54 Å². The van der Waals surface area contributed by atoms with Crippen molar-refractivity contribution in [2.75, 3.05) is 0 Å². The van der Waals surface area contributed by atoms with Crippen LogP contribution >= 0.6 is 0 Å². The molecule has 1 saturated heterocycles. The SMILES string of the molecule is O=C1CC(c2ccc(OC(F)(F)F)cc2)(c2cccc(OC(F)(F)F)c2)NC1=O. The smallest absolute Gasteiger partial charge is 0.406 e. The fourth-order valence-electron chi connectivity index (χ4n) is 3.04. The summed E-state index contributed by atoms with van der Waals surface area (Å²) in [4.78, 5) is 23.8. The van der Waals surface area contributed by atoms with Crippen LogP contribution in [0.4, 0.5) is 26.3 Å². The number of hydrogen-bond acceptors (Lipinski definition) is 4. The van der Waals surface area contributed by atoms with Gasteiger partial charge in [-0.15, -0.1) is 26.3 Å². The van der Waals surface area contributed by atoms with Crippen molar-refractivity contribution in [3.63, 3.8) is 0 Å². The van der Waals surface area contributed by atoms with Crippen LogP contribution in [0, 0.1) is 0 Å². The molecule has 29 heavy (non-hydrogen) atoms. The molecule has 1 aliphatic heterocycles. The van der Waals surface area contributed by atoms with E-state index in [1.165, 1.54) is 24.3 Å². The highest BCUT2D eigenvalue weighted by Crippen LogP contribution is 2.39. The molecule has 1 amide bonds. The number of nitrogens with one attached hydrogen (secondary N) is 1. The van der Waals surface area contributed by atoms with Crippen LogP contribution in [0.5, 0.6) is 11.5 Å². The molecule has 2 aromatic rings. The van der Waals surface area contributed by atoms with E-state index in [4.69, 9.17) is 0 Å². The molecule has 1 atom stereocenters. The molecule has 1 unspecified atom stereocenters. The van der Waals surface area contributed by atoms with Crippen LogP contribution in [0.3, 0.4) is 0 Å². The molecule has 1 fully saturated rings. The molecule has 0 aliphatic carbocycles. The van der Waals surface area contributed by atoms with Crippen LogP contribution in [-0.4, -0.2) is 24.4 Å². The van der Waals surface area contributed by atoms with Gasteiger partial charge < -0.3 is 14.8 Å². The number of benzene rings is 2. The minimum Gasteiger partial charge on any atom is -0.406 e. The first-order valence-electron chi connectivity index (χ1n) is 7.96. The van der Waals surface area contributed by atoms with Gasteiger partial charge in [0.15, 0.2) is 0 Å². The van der Waals surface area contributed by atoms with Crippen LogP contribution in [0.25, 0.3) is 0 Å². The summed E-state index contributed by atoms with van der Waals surface area (Å²) in [6, 6.07) is 8.91. The summed E-state index contributed by atoms with van der Waals surface area (Å²) in [5.74, 6) is -2.92. The highest BCUT2D eigenvalue weighted by molar-refractivity contribution is 6.38. The van der Waals surface area contributed by atoms with Gasteiger partial charge in [0.2, 0.25) is 5.78 Å². The molecule has 1 N–H and O–H groups in total. The zero-order chi connectivity index (χ0) is 21.4. The van der Waals surface area contributed by atoms with Crippen LogP contribution in [0.1, 0.15) is 17.5 Å². The number of ether oxygens (including phenoxy) is 2. The molecule has 154 valence electrons. The van der Waals surface area contributed by atoms with Gasteiger partial charge in [-0.25, -0.2) is 0 Å². The summed E-state index contributed by atoms with van der Waals surface area (Å²) < 4.78 is 82.2. The Kier molecular flexibility index (Phi) is 4.93. The molecule has 0 saturated carbocycles. The largest absolute Gasteiger partial charge is 0.573 e. The zero-order valence-electron chi connectivity index (χ0n) is 14.2. The number of rotatable bonds is 4. The van der Waals surface area contributed by atoms with E-state index in [0.717, 1.165) is 24.3 Å². The molecule has 0 bridgehead atoms. The molecule has 0 radical (unpaired) electrons. The maximum absolute atomic E-state index is 12.5. The van der Waals surface area contributed by atoms with Crippen molar-refractivity contribution < 1.29 is 45.4 Å². The number of carbonyl (C=O) groups is 2. The number of halogens is 6. The van der Waals surface area contributed by atoms with Crippen molar-refractivity contribution in [2.45, 2.75) is 24.7 Å². The second-order valence-electron chi connectivity index (χ2n) is 6.11. The fourth-order valence-corrected chi connectivity index (χ4v) is 3.04. The van der Waals surface area contributed by atoms with Crippen molar-refractivity contribution in [3.05, 3.63) is 59.7 Å². The predicted molar refractivity (Wildman–Crippen MR) is 84.8 cm³/mol. The van der Waals surface area contributed by atoms with Gasteiger partial charge in [-0.3, -0.25) is 9.59 Å². The quantitative estimate of drug-likeness (QED) is 0.605. The molecule has 5 nitrogen and oxygen atoms in total. The molecule has 1 aliphatic rings. The summed E-state index contributed by atoms with van der Waals surface area (Å²) in [5, 5.41) is 2.42. The van der Waals surface area contributed by atoms with Crippen molar-refractivity contribution >= 4 is 11.7 Å². The maximum atomic E-state index is 12.5. The van der Waals surface area contributed by atoms with E-state index in [2.05, 4.69) is 14.8 Å². The second kappa shape index (κ2) is 6.98. The van der Waals surface area contributed by atoms with Gasteiger partial charge in [-0.05, 0) is 35.4 Å². The number of Topliss-reactive ketones (excluding diaryl/α,β-unsaturated/α-hetero) is 1. The topological polar surface area (TPSA) is 64.6 Å². The first-order valence-corrected chi connectivity index (χ1v) is 7.96. The predicted octanol–water partition coefficient (Wildman–Crippen LogP) is 3.82. The number of amides is 1. The van der Waals surface area contributed by atoms with Crippen LogP contribution in [0.2, 0.25) is 0 Å². The summed E-state index contributed by atoms with van der Waals surface area (Å²) in [6.07, 6.45) is -10.3. The molecular weight excluding hydrogens is 408 g/mol. The lowest BCUT2D eigenvalue weighted by molar-refractivity contribution is -0.275. The molecule has 3 rings (SSSR count). The Morgan fingerprint density at radius 3 is 1.90 bits per heavy atom. The summed E-state index contributed by atoms with van der Waals surface area (Å²) in [5.41, 5.74) is -1.31. The van der Waals surface area contributed by atoms with Crippen molar-refractivity contribution in [2.24, 2.45) is 0 Å². The van der Waals surface area contributed by atoms with Crippen LogP contribution < -0.4 is 14.8 Å². The van der Waals surface area contributed by atoms with E-state index < -0.39 is 47.9 Å². The Bertz CT molecular complexity index is 921. The Hall–Kier alpha value is -3.24. The van der Waals surface area contributed by atoms with Crippen LogP contribution in [0.15, 0.2) is 48.5 Å². The van der Waals surface area contributed by atoms with Gasteiger partial charge in [0.1, 0.15) is 11.5 Å². The van der Waals surface area contributed by atoms with E-state index in [9.17, 15) is 35.9 Å². The average Bonchev–Trinajstić information content (AvgIpc) is 2.89. The number of alkyl halides is 6. The summed E-state index contributed by atoms with van der Waals surface area (Å²) in [7, 11) is 0. The van der Waals surface area contributed by atoms with Gasteiger partial charge in [-0.2, -0.15) is 0 Å². The molecule has 1 heterocycles. The van der Waals surface area contributed by atoms with E-state index in [1.807, 2.05) is 0 Å². The minimum absolute atomic E-state index is 0.0861. The highest BCUT2D eigenvalue weighted by Gasteiger charge is 2.46. The number of hydrogen-bond donors (Lipinski definition) is 1. The zero-order valence-corrected chi connectivity index (χ0v) is 14.2. The minimum atomic E-state index is -4.96. The highest BCUT2D eigenvalue weighted by atomic mass is 19.4. The first-order chi connectivity index (χ1) is 13.4. The molecule has 0 spiro atoms. The molecular formula is C18H11F6NO4. The van der Waals surface area contributed by atoms with Crippen molar-refractivity contribution in [3.8, 4) is 11.5 Å². The lowest BCUT2D eigenvalue weighted by Crippen LogP contribution is -2.40.